The van der Waals surface area contributed by atoms with E-state index < -0.39 is 11.9 Å². The molecule has 0 aliphatic carbocycles. The largest absolute Gasteiger partial charge is 0.433 e. The summed E-state index contributed by atoms with van der Waals surface area (Å²) in [5.41, 5.74) is 2.14. The zero-order valence-corrected chi connectivity index (χ0v) is 18.5. The molecule has 0 unspecified atom stereocenters. The molecule has 3 aromatic rings. The number of hydrogen-bond donors (Lipinski definition) is 0. The first-order chi connectivity index (χ1) is 15.2. The first-order valence-corrected chi connectivity index (χ1v) is 10.9. The van der Waals surface area contributed by atoms with Gasteiger partial charge in [0.2, 0.25) is 5.91 Å². The molecule has 0 spiro atoms. The van der Waals surface area contributed by atoms with Gasteiger partial charge in [-0.25, -0.2) is 9.50 Å². The maximum Gasteiger partial charge on any atom is 0.433 e. The van der Waals surface area contributed by atoms with Crippen LogP contribution in [-0.2, 0) is 23.9 Å². The van der Waals surface area contributed by atoms with E-state index in [0.717, 1.165) is 28.4 Å². The smallest absolute Gasteiger partial charge is 0.334 e. The van der Waals surface area contributed by atoms with Crippen molar-refractivity contribution in [2.75, 3.05) is 6.54 Å². The highest BCUT2D eigenvalue weighted by atomic mass is 19.4. The van der Waals surface area contributed by atoms with E-state index in [-0.39, 0.29) is 17.6 Å². The van der Waals surface area contributed by atoms with Crippen molar-refractivity contribution in [2.45, 2.75) is 71.6 Å². The minimum atomic E-state index is -4.54. The van der Waals surface area contributed by atoms with Gasteiger partial charge in [0.05, 0.1) is 17.4 Å². The molecule has 1 aliphatic rings. The molecule has 0 radical (unpaired) electrons. The van der Waals surface area contributed by atoms with Crippen LogP contribution < -0.4 is 0 Å². The van der Waals surface area contributed by atoms with Gasteiger partial charge in [0.1, 0.15) is 5.69 Å². The van der Waals surface area contributed by atoms with Gasteiger partial charge < -0.3 is 4.90 Å². The van der Waals surface area contributed by atoms with Gasteiger partial charge in [-0.15, -0.1) is 0 Å². The summed E-state index contributed by atoms with van der Waals surface area (Å²) in [4.78, 5) is 19.0. The molecule has 4 rings (SSSR count). The first kappa shape index (κ1) is 22.3. The molecule has 1 amide bonds. The first-order valence-electron chi connectivity index (χ1n) is 10.9. The monoisotopic (exact) mass is 448 g/mol. The molecule has 1 atom stereocenters. The average Bonchev–Trinajstić information content (AvgIpc) is 3.44. The standard InChI is InChI=1S/C22H27F3N6O/c1-4-16-12-19(22(23,24)25)31-20(26-16)13-17(28-31)18-7-5-9-29(18)21(32)8-6-10-30-15(3)11-14(2)27-30/h11-13,18H,4-10H2,1-3H3/t18-/m1/s1. The molecule has 3 aromatic heterocycles. The van der Waals surface area contributed by atoms with E-state index in [2.05, 4.69) is 15.2 Å². The Kier molecular flexibility index (Phi) is 5.96. The molecule has 32 heavy (non-hydrogen) atoms. The van der Waals surface area contributed by atoms with Crippen LogP contribution in [0.4, 0.5) is 13.2 Å². The Labute approximate surface area is 184 Å². The highest BCUT2D eigenvalue weighted by Gasteiger charge is 2.37. The maximum atomic E-state index is 13.6. The fourth-order valence-electron chi connectivity index (χ4n) is 4.39. The number of amides is 1. The van der Waals surface area contributed by atoms with Crippen LogP contribution >= 0.6 is 0 Å². The number of aryl methyl sites for hydroxylation is 4. The molecule has 10 heteroatoms. The zero-order valence-electron chi connectivity index (χ0n) is 18.5. The maximum absolute atomic E-state index is 13.6. The van der Waals surface area contributed by atoms with E-state index in [1.807, 2.05) is 24.6 Å². The second-order valence-electron chi connectivity index (χ2n) is 8.32. The molecule has 0 saturated carbocycles. The number of alkyl halides is 3. The SMILES string of the molecule is CCc1cc(C(F)(F)F)n2nc([C@H]3CCCN3C(=O)CCCn3nc(C)cc3C)cc2n1. The van der Waals surface area contributed by atoms with Gasteiger partial charge in [-0.1, -0.05) is 6.92 Å². The molecule has 1 aliphatic heterocycles. The molecule has 1 saturated heterocycles. The molecule has 0 N–H and O–H groups in total. The van der Waals surface area contributed by atoms with Crippen LogP contribution in [0, 0.1) is 13.8 Å². The van der Waals surface area contributed by atoms with Crippen LogP contribution in [0.25, 0.3) is 5.65 Å². The van der Waals surface area contributed by atoms with Gasteiger partial charge in [0.15, 0.2) is 5.65 Å². The highest BCUT2D eigenvalue weighted by molar-refractivity contribution is 5.77. The molecule has 0 bridgehead atoms. The van der Waals surface area contributed by atoms with Crippen LogP contribution in [0.3, 0.4) is 0 Å². The Hall–Kier alpha value is -2.91. The average molecular weight is 448 g/mol. The predicted molar refractivity (Wildman–Crippen MR) is 112 cm³/mol. The summed E-state index contributed by atoms with van der Waals surface area (Å²) < 4.78 is 43.5. The fraction of sp³-hybridized carbons (Fsp3) is 0.545. The van der Waals surface area contributed by atoms with E-state index in [9.17, 15) is 18.0 Å². The van der Waals surface area contributed by atoms with Crippen molar-refractivity contribution in [1.82, 2.24) is 29.3 Å². The second kappa shape index (κ2) is 8.55. The molecular formula is C22H27F3N6O. The highest BCUT2D eigenvalue weighted by Crippen LogP contribution is 2.34. The van der Waals surface area contributed by atoms with E-state index in [0.29, 0.717) is 50.2 Å². The molecule has 1 fully saturated rings. The third-order valence-electron chi connectivity index (χ3n) is 5.93. The van der Waals surface area contributed by atoms with Crippen molar-refractivity contribution >= 4 is 11.6 Å². The number of fused-ring (bicyclic) bond motifs is 1. The van der Waals surface area contributed by atoms with Crippen LogP contribution in [-0.4, -0.2) is 41.7 Å². The van der Waals surface area contributed by atoms with Crippen LogP contribution in [0.1, 0.15) is 67.1 Å². The molecule has 0 aromatic carbocycles. The predicted octanol–water partition coefficient (Wildman–Crippen LogP) is 4.27. The fourth-order valence-corrected chi connectivity index (χ4v) is 4.39. The number of rotatable bonds is 6. The number of carbonyl (C=O) groups is 1. The number of hydrogen-bond acceptors (Lipinski definition) is 4. The summed E-state index contributed by atoms with van der Waals surface area (Å²) in [5, 5.41) is 8.65. The topological polar surface area (TPSA) is 68.3 Å². The van der Waals surface area contributed by atoms with Crippen molar-refractivity contribution in [2.24, 2.45) is 0 Å². The lowest BCUT2D eigenvalue weighted by atomic mass is 10.1. The molecule has 4 heterocycles. The zero-order chi connectivity index (χ0) is 23.0. The Bertz CT molecular complexity index is 1130. The lowest BCUT2D eigenvalue weighted by Gasteiger charge is -2.23. The number of nitrogens with zero attached hydrogens (tertiary/aromatic N) is 6. The van der Waals surface area contributed by atoms with Gasteiger partial charge in [-0.2, -0.15) is 23.4 Å². The van der Waals surface area contributed by atoms with Crippen molar-refractivity contribution in [3.05, 3.63) is 46.7 Å². The minimum Gasteiger partial charge on any atom is -0.334 e. The summed E-state index contributed by atoms with van der Waals surface area (Å²) in [5.74, 6) is -0.00987. The molecular weight excluding hydrogens is 421 g/mol. The minimum absolute atomic E-state index is 0.00987. The van der Waals surface area contributed by atoms with E-state index in [4.69, 9.17) is 0 Å². The van der Waals surface area contributed by atoms with Gasteiger partial charge in [-0.05, 0) is 51.7 Å². The van der Waals surface area contributed by atoms with Gasteiger partial charge >= 0.3 is 6.18 Å². The lowest BCUT2D eigenvalue weighted by Crippen LogP contribution is -2.30. The van der Waals surface area contributed by atoms with Gasteiger partial charge in [-0.3, -0.25) is 9.48 Å². The summed E-state index contributed by atoms with van der Waals surface area (Å²) in [6, 6.07) is 4.29. The lowest BCUT2D eigenvalue weighted by molar-refractivity contribution is -0.142. The summed E-state index contributed by atoms with van der Waals surface area (Å²) in [7, 11) is 0. The van der Waals surface area contributed by atoms with Crippen molar-refractivity contribution in [1.29, 1.82) is 0 Å². The Balaban J connectivity index is 1.52. The number of halogens is 3. The van der Waals surface area contributed by atoms with E-state index >= 15 is 0 Å². The van der Waals surface area contributed by atoms with Gasteiger partial charge in [0, 0.05) is 37.0 Å². The summed E-state index contributed by atoms with van der Waals surface area (Å²) in [6.45, 7) is 6.91. The van der Waals surface area contributed by atoms with Crippen molar-refractivity contribution in [3.8, 4) is 0 Å². The van der Waals surface area contributed by atoms with Crippen molar-refractivity contribution in [3.63, 3.8) is 0 Å². The van der Waals surface area contributed by atoms with Crippen LogP contribution in [0.15, 0.2) is 18.2 Å². The summed E-state index contributed by atoms with van der Waals surface area (Å²) >= 11 is 0. The second-order valence-corrected chi connectivity index (χ2v) is 8.32. The summed E-state index contributed by atoms with van der Waals surface area (Å²) in [6.07, 6.45) is -1.68. The van der Waals surface area contributed by atoms with Crippen LogP contribution in [0.5, 0.6) is 0 Å². The van der Waals surface area contributed by atoms with Crippen molar-refractivity contribution < 1.29 is 18.0 Å². The van der Waals surface area contributed by atoms with Gasteiger partial charge in [0.25, 0.3) is 0 Å². The van der Waals surface area contributed by atoms with E-state index in [1.165, 1.54) is 0 Å². The Morgan fingerprint density at radius 3 is 2.62 bits per heavy atom. The molecule has 172 valence electrons. The third kappa shape index (κ3) is 4.35. The Morgan fingerprint density at radius 2 is 1.97 bits per heavy atom. The quantitative estimate of drug-likeness (QED) is 0.565. The number of carbonyl (C=O) groups excluding carboxylic acids is 1. The molecule has 7 nitrogen and oxygen atoms in total. The number of aromatic nitrogens is 5. The normalized spacial score (nSPS) is 16.9. The van der Waals surface area contributed by atoms with Crippen LogP contribution in [0.2, 0.25) is 0 Å². The number of likely N-dealkylation sites (tertiary alicyclic amines) is 1. The van der Waals surface area contributed by atoms with E-state index in [1.54, 1.807) is 17.9 Å². The third-order valence-corrected chi connectivity index (χ3v) is 5.93. The Morgan fingerprint density at radius 1 is 1.19 bits per heavy atom.